The number of hydrogen-bond donors (Lipinski definition) is 1. The molecule has 1 fully saturated rings. The van der Waals surface area contributed by atoms with Crippen molar-refractivity contribution < 1.29 is 27.0 Å². The van der Waals surface area contributed by atoms with Gasteiger partial charge in [0, 0.05) is 10.6 Å². The van der Waals surface area contributed by atoms with Gasteiger partial charge in [-0.05, 0) is 55.5 Å². The van der Waals surface area contributed by atoms with Gasteiger partial charge in [-0.2, -0.15) is 8.42 Å². The number of carbonyl (C=O) groups is 3. The van der Waals surface area contributed by atoms with Crippen molar-refractivity contribution in [2.45, 2.75) is 11.8 Å². The van der Waals surface area contributed by atoms with E-state index in [-0.39, 0.29) is 31.9 Å². The second-order valence-corrected chi connectivity index (χ2v) is 9.83. The van der Waals surface area contributed by atoms with E-state index in [1.165, 1.54) is 42.5 Å². The number of amides is 4. The highest BCUT2D eigenvalue weighted by atomic mass is 35.5. The topological polar surface area (TPSA) is 110 Å². The Hall–Kier alpha value is -3.66. The Kier molecular flexibility index (Phi) is 6.66. The Bertz CT molecular complexity index is 1500. The van der Waals surface area contributed by atoms with E-state index in [1.807, 2.05) is 6.92 Å². The molecule has 178 valence electrons. The Morgan fingerprint density at radius 1 is 0.943 bits per heavy atom. The number of para-hydroxylation sites is 1. The molecule has 4 amide bonds. The molecule has 35 heavy (non-hydrogen) atoms. The van der Waals surface area contributed by atoms with Gasteiger partial charge in [0.1, 0.15) is 16.2 Å². The maximum Gasteiger partial charge on any atom is 0.339 e. The molecule has 1 saturated heterocycles. The highest BCUT2D eigenvalue weighted by Gasteiger charge is 2.38. The third-order valence-electron chi connectivity index (χ3n) is 4.98. The number of hydrogen-bond acceptors (Lipinski definition) is 6. The van der Waals surface area contributed by atoms with Crippen molar-refractivity contribution in [3.05, 3.63) is 93.5 Å². The van der Waals surface area contributed by atoms with Crippen LogP contribution in [0.15, 0.2) is 77.2 Å². The zero-order valence-corrected chi connectivity index (χ0v) is 20.3. The lowest BCUT2D eigenvalue weighted by molar-refractivity contribution is -0.122. The van der Waals surface area contributed by atoms with Gasteiger partial charge in [0.15, 0.2) is 0 Å². The van der Waals surface area contributed by atoms with E-state index in [9.17, 15) is 22.8 Å². The van der Waals surface area contributed by atoms with Crippen LogP contribution in [0.5, 0.6) is 5.75 Å². The van der Waals surface area contributed by atoms with Crippen LogP contribution in [0, 0.1) is 6.92 Å². The number of nitrogens with one attached hydrogen (secondary N) is 1. The summed E-state index contributed by atoms with van der Waals surface area (Å²) in [6, 6.07) is 15.2. The summed E-state index contributed by atoms with van der Waals surface area (Å²) in [5.74, 6) is -2.11. The molecule has 4 rings (SSSR count). The number of imide groups is 2. The number of nitrogens with zero attached hydrogens (tertiary/aromatic N) is 1. The summed E-state index contributed by atoms with van der Waals surface area (Å²) in [5, 5.41) is 2.38. The molecule has 1 aliphatic rings. The SMILES string of the molecule is Cc1ccc(S(=O)(=O)Oc2ccc(Cl)cc2/C=C2\C(=O)NC(=O)N(c3ccccc3Cl)C2=O)cc1. The van der Waals surface area contributed by atoms with E-state index < -0.39 is 33.5 Å². The molecule has 0 aromatic heterocycles. The molecule has 1 aliphatic heterocycles. The minimum absolute atomic E-state index is 0.0279. The van der Waals surface area contributed by atoms with Gasteiger partial charge in [-0.1, -0.05) is 53.0 Å². The number of barbiturate groups is 1. The molecule has 11 heteroatoms. The molecular weight excluding hydrogens is 515 g/mol. The molecule has 3 aromatic rings. The molecule has 8 nitrogen and oxygen atoms in total. The second-order valence-electron chi connectivity index (χ2n) is 7.44. The first-order valence-electron chi connectivity index (χ1n) is 10.0. The lowest BCUT2D eigenvalue weighted by atomic mass is 10.1. The first-order chi connectivity index (χ1) is 16.6. The molecule has 0 saturated carbocycles. The number of urea groups is 1. The molecule has 0 atom stereocenters. The van der Waals surface area contributed by atoms with Crippen molar-refractivity contribution in [1.82, 2.24) is 5.32 Å². The number of rotatable bonds is 5. The van der Waals surface area contributed by atoms with E-state index in [4.69, 9.17) is 27.4 Å². The molecule has 1 heterocycles. The average Bonchev–Trinajstić information content (AvgIpc) is 2.79. The lowest BCUT2D eigenvalue weighted by Gasteiger charge is -2.27. The fraction of sp³-hybridized carbons (Fsp3) is 0.0417. The zero-order valence-electron chi connectivity index (χ0n) is 18.0. The van der Waals surface area contributed by atoms with Crippen molar-refractivity contribution in [2.24, 2.45) is 0 Å². The Morgan fingerprint density at radius 3 is 2.31 bits per heavy atom. The van der Waals surface area contributed by atoms with Crippen molar-refractivity contribution in [3.8, 4) is 5.75 Å². The standard InChI is InChI=1S/C24H16Cl2N2O6S/c1-14-6-9-17(10-7-14)35(32,33)34-21-11-8-16(25)12-15(21)13-18-22(29)27-24(31)28(23(18)30)20-5-3-2-4-19(20)26/h2-13H,1H3,(H,27,29,31)/b18-13+. The molecular formula is C24H16Cl2N2O6S. The summed E-state index contributed by atoms with van der Waals surface area (Å²) in [5.41, 5.74) is 0.504. The Labute approximate surface area is 210 Å². The normalized spacial score (nSPS) is 15.3. The van der Waals surface area contributed by atoms with Crippen LogP contribution in [0.4, 0.5) is 10.5 Å². The third kappa shape index (κ3) is 5.07. The Balaban J connectivity index is 1.76. The summed E-state index contributed by atoms with van der Waals surface area (Å²) in [6.07, 6.45) is 1.10. The van der Waals surface area contributed by atoms with Gasteiger partial charge in [-0.15, -0.1) is 0 Å². The van der Waals surface area contributed by atoms with Crippen molar-refractivity contribution in [1.29, 1.82) is 0 Å². The smallest absolute Gasteiger partial charge is 0.339 e. The maximum atomic E-state index is 13.2. The monoisotopic (exact) mass is 530 g/mol. The number of carbonyl (C=O) groups excluding carboxylic acids is 3. The van der Waals surface area contributed by atoms with Crippen LogP contribution < -0.4 is 14.4 Å². The van der Waals surface area contributed by atoms with Gasteiger partial charge >= 0.3 is 16.1 Å². The van der Waals surface area contributed by atoms with Crippen LogP contribution >= 0.6 is 23.2 Å². The summed E-state index contributed by atoms with van der Waals surface area (Å²) < 4.78 is 30.9. The minimum Gasteiger partial charge on any atom is -0.378 e. The van der Waals surface area contributed by atoms with Crippen molar-refractivity contribution in [2.75, 3.05) is 4.90 Å². The van der Waals surface area contributed by atoms with Crippen LogP contribution in [0.3, 0.4) is 0 Å². The van der Waals surface area contributed by atoms with Crippen molar-refractivity contribution in [3.63, 3.8) is 0 Å². The third-order valence-corrected chi connectivity index (χ3v) is 6.78. The molecule has 0 aliphatic carbocycles. The molecule has 0 unspecified atom stereocenters. The number of halogens is 2. The average molecular weight is 531 g/mol. The van der Waals surface area contributed by atoms with Gasteiger partial charge in [0.05, 0.1) is 10.7 Å². The summed E-state index contributed by atoms with van der Waals surface area (Å²) >= 11 is 12.2. The van der Waals surface area contributed by atoms with Gasteiger partial charge in [0.25, 0.3) is 11.8 Å². The lowest BCUT2D eigenvalue weighted by Crippen LogP contribution is -2.54. The molecule has 0 bridgehead atoms. The molecule has 3 aromatic carbocycles. The number of aryl methyl sites for hydroxylation is 1. The first kappa shape index (κ1) is 24.5. The second kappa shape index (κ2) is 9.53. The minimum atomic E-state index is -4.24. The number of anilines is 1. The van der Waals surface area contributed by atoms with Crippen molar-refractivity contribution >= 4 is 62.9 Å². The van der Waals surface area contributed by atoms with Gasteiger partial charge in [-0.25, -0.2) is 9.69 Å². The Morgan fingerprint density at radius 2 is 1.63 bits per heavy atom. The highest BCUT2D eigenvalue weighted by Crippen LogP contribution is 2.32. The van der Waals surface area contributed by atoms with Gasteiger partial charge in [-0.3, -0.25) is 14.9 Å². The van der Waals surface area contributed by atoms with Gasteiger partial charge in [0.2, 0.25) is 0 Å². The predicted molar refractivity (Wildman–Crippen MR) is 131 cm³/mol. The van der Waals surface area contributed by atoms with Gasteiger partial charge < -0.3 is 4.18 Å². The summed E-state index contributed by atoms with van der Waals surface area (Å²) in [6.45, 7) is 1.81. The predicted octanol–water partition coefficient (Wildman–Crippen LogP) is 4.74. The summed E-state index contributed by atoms with van der Waals surface area (Å²) in [7, 11) is -4.24. The quantitative estimate of drug-likeness (QED) is 0.290. The van der Waals surface area contributed by atoms with Crippen LogP contribution in [0.25, 0.3) is 6.08 Å². The highest BCUT2D eigenvalue weighted by molar-refractivity contribution is 7.87. The fourth-order valence-electron chi connectivity index (χ4n) is 3.24. The van der Waals surface area contributed by atoms with Crippen LogP contribution in [0.2, 0.25) is 10.0 Å². The largest absolute Gasteiger partial charge is 0.378 e. The van der Waals surface area contributed by atoms with E-state index in [0.29, 0.717) is 4.90 Å². The molecule has 0 radical (unpaired) electrons. The fourth-order valence-corrected chi connectivity index (χ4v) is 4.60. The van der Waals surface area contributed by atoms with E-state index in [0.717, 1.165) is 11.6 Å². The molecule has 0 spiro atoms. The maximum absolute atomic E-state index is 13.2. The number of benzene rings is 3. The van der Waals surface area contributed by atoms with Crippen LogP contribution in [-0.2, 0) is 19.7 Å². The molecule has 1 N–H and O–H groups in total. The first-order valence-corrected chi connectivity index (χ1v) is 12.2. The zero-order chi connectivity index (χ0) is 25.3. The van der Waals surface area contributed by atoms with E-state index in [2.05, 4.69) is 5.32 Å². The summed E-state index contributed by atoms with van der Waals surface area (Å²) in [4.78, 5) is 38.8. The van der Waals surface area contributed by atoms with Crippen LogP contribution in [0.1, 0.15) is 11.1 Å². The van der Waals surface area contributed by atoms with Crippen LogP contribution in [-0.4, -0.2) is 26.3 Å². The van der Waals surface area contributed by atoms with E-state index in [1.54, 1.807) is 24.3 Å². The van der Waals surface area contributed by atoms with E-state index >= 15 is 0 Å².